The highest BCUT2D eigenvalue weighted by Crippen LogP contribution is 2.42. The number of rotatable bonds is 6. The normalized spacial score (nSPS) is 14.2. The van der Waals surface area contributed by atoms with Crippen molar-refractivity contribution in [2.75, 3.05) is 4.90 Å². The zero-order valence-electron chi connectivity index (χ0n) is 30.8. The van der Waals surface area contributed by atoms with Crippen LogP contribution in [0.3, 0.4) is 0 Å². The first kappa shape index (κ1) is 32.3. The minimum Gasteiger partial charge on any atom is -0.455 e. The first-order valence-corrected chi connectivity index (χ1v) is 19.4. The summed E-state index contributed by atoms with van der Waals surface area (Å²) in [6.07, 6.45) is 8.00. The molecular weight excluding hydrogens is 679 g/mol. The molecule has 0 bridgehead atoms. The molecule has 0 saturated heterocycles. The monoisotopic (exact) mass is 715 g/mol. The zero-order valence-corrected chi connectivity index (χ0v) is 30.8. The van der Waals surface area contributed by atoms with Crippen LogP contribution in [0.1, 0.15) is 12.0 Å². The van der Waals surface area contributed by atoms with Gasteiger partial charge < -0.3 is 9.32 Å². The van der Waals surface area contributed by atoms with Gasteiger partial charge in [-0.1, -0.05) is 176 Å². The summed E-state index contributed by atoms with van der Waals surface area (Å²) in [7, 11) is 0. The van der Waals surface area contributed by atoms with Gasteiger partial charge in [0.05, 0.1) is 6.04 Å². The van der Waals surface area contributed by atoms with Gasteiger partial charge in [0, 0.05) is 33.3 Å². The van der Waals surface area contributed by atoms with Crippen molar-refractivity contribution in [1.29, 1.82) is 0 Å². The molecule has 2 heteroatoms. The topological polar surface area (TPSA) is 16.4 Å². The maximum atomic E-state index is 6.43. The third-order valence-electron chi connectivity index (χ3n) is 11.6. The molecule has 0 spiro atoms. The van der Waals surface area contributed by atoms with Crippen molar-refractivity contribution in [1.82, 2.24) is 0 Å². The highest BCUT2D eigenvalue weighted by molar-refractivity contribution is 6.17. The van der Waals surface area contributed by atoms with Gasteiger partial charge in [0.15, 0.2) is 0 Å². The Kier molecular flexibility index (Phi) is 7.67. The fraction of sp³-hybridized carbons (Fsp3) is 0.0370. The molecule has 10 aromatic rings. The molecule has 264 valence electrons. The van der Waals surface area contributed by atoms with Crippen molar-refractivity contribution < 1.29 is 4.42 Å². The Balaban J connectivity index is 0.978. The Labute approximate surface area is 325 Å². The van der Waals surface area contributed by atoms with Crippen molar-refractivity contribution in [3.05, 3.63) is 212 Å². The van der Waals surface area contributed by atoms with Crippen LogP contribution in [0.4, 0.5) is 11.4 Å². The summed E-state index contributed by atoms with van der Waals surface area (Å²) < 4.78 is 6.43. The SMILES string of the molecule is C1=CC(N(c2ccc(-c3cccc4c3oc3ccccc34)cc2)c2ccccc2-c2ccccc2)CC=C1c1ccc2ccc3c4ccccc4ccc3c2c1. The lowest BCUT2D eigenvalue weighted by molar-refractivity contribution is 0.670. The predicted octanol–water partition coefficient (Wildman–Crippen LogP) is 14.9. The standard InChI is InChI=1S/C54H37NO/c1-2-11-37(12-3-1)45-15-6-8-19-52(45)55(43-31-25-39(26-32-43)46-17-10-18-50-49-16-7-9-20-53(49)56-54(46)50)42-29-23-36(24-30-42)41-22-21-40-28-33-47-44-14-5-4-13-38(44)27-34-48(47)51(40)35-41/h1-29,31-35,42H,30H2. The van der Waals surface area contributed by atoms with Crippen molar-refractivity contribution >= 4 is 71.2 Å². The molecule has 1 atom stereocenters. The van der Waals surface area contributed by atoms with Crippen LogP contribution in [0.2, 0.25) is 0 Å². The zero-order chi connectivity index (χ0) is 37.0. The van der Waals surface area contributed by atoms with Crippen LogP contribution in [-0.4, -0.2) is 6.04 Å². The first-order chi connectivity index (χ1) is 27.8. The van der Waals surface area contributed by atoms with Crippen molar-refractivity contribution in [2.45, 2.75) is 12.5 Å². The Morgan fingerprint density at radius 1 is 0.446 bits per heavy atom. The van der Waals surface area contributed by atoms with Crippen LogP contribution < -0.4 is 4.90 Å². The van der Waals surface area contributed by atoms with Crippen LogP contribution >= 0.6 is 0 Å². The number of hydrogen-bond donors (Lipinski definition) is 0. The van der Waals surface area contributed by atoms with Crippen LogP contribution in [0, 0.1) is 0 Å². The molecule has 0 N–H and O–H groups in total. The molecular formula is C54H37NO. The smallest absolute Gasteiger partial charge is 0.143 e. The van der Waals surface area contributed by atoms with E-state index in [0.717, 1.165) is 45.2 Å². The van der Waals surface area contributed by atoms with E-state index < -0.39 is 0 Å². The van der Waals surface area contributed by atoms with Crippen LogP contribution in [0.5, 0.6) is 0 Å². The highest BCUT2D eigenvalue weighted by Gasteiger charge is 2.24. The molecule has 0 amide bonds. The van der Waals surface area contributed by atoms with Crippen molar-refractivity contribution in [3.63, 3.8) is 0 Å². The Morgan fingerprint density at radius 3 is 1.93 bits per heavy atom. The minimum atomic E-state index is 0.112. The lowest BCUT2D eigenvalue weighted by Crippen LogP contribution is -2.30. The average molecular weight is 716 g/mol. The Hall–Kier alpha value is -7.16. The number of benzene rings is 9. The summed E-state index contributed by atoms with van der Waals surface area (Å²) in [6, 6.07) is 68.1. The summed E-state index contributed by atoms with van der Waals surface area (Å²) >= 11 is 0. The molecule has 1 unspecified atom stereocenters. The number of allylic oxidation sites excluding steroid dienone is 2. The van der Waals surface area contributed by atoms with Crippen LogP contribution in [-0.2, 0) is 0 Å². The van der Waals surface area contributed by atoms with E-state index in [2.05, 4.69) is 199 Å². The van der Waals surface area contributed by atoms with E-state index in [1.165, 1.54) is 60.3 Å². The number of fused-ring (bicyclic) bond motifs is 8. The maximum Gasteiger partial charge on any atom is 0.143 e. The largest absolute Gasteiger partial charge is 0.455 e. The second-order valence-corrected chi connectivity index (χ2v) is 14.8. The molecule has 0 radical (unpaired) electrons. The molecule has 0 saturated carbocycles. The summed E-state index contributed by atoms with van der Waals surface area (Å²) in [4.78, 5) is 2.51. The number of anilines is 2. The second-order valence-electron chi connectivity index (χ2n) is 14.8. The summed E-state index contributed by atoms with van der Waals surface area (Å²) in [5.74, 6) is 0. The molecule has 1 aliphatic carbocycles. The third-order valence-corrected chi connectivity index (χ3v) is 11.6. The molecule has 0 fully saturated rings. The third kappa shape index (κ3) is 5.41. The van der Waals surface area contributed by atoms with E-state index in [0.29, 0.717) is 0 Å². The van der Waals surface area contributed by atoms with Gasteiger partial charge in [0.1, 0.15) is 11.2 Å². The molecule has 1 aliphatic rings. The molecule has 2 nitrogen and oxygen atoms in total. The van der Waals surface area contributed by atoms with Gasteiger partial charge in [-0.15, -0.1) is 0 Å². The highest BCUT2D eigenvalue weighted by atomic mass is 16.3. The van der Waals surface area contributed by atoms with Gasteiger partial charge >= 0.3 is 0 Å². The number of furan rings is 1. The Morgan fingerprint density at radius 2 is 1.09 bits per heavy atom. The summed E-state index contributed by atoms with van der Waals surface area (Å²) in [5, 5.41) is 10.0. The van der Waals surface area contributed by atoms with E-state index in [1.54, 1.807) is 0 Å². The van der Waals surface area contributed by atoms with E-state index >= 15 is 0 Å². The van der Waals surface area contributed by atoms with Crippen molar-refractivity contribution in [3.8, 4) is 22.3 Å². The molecule has 0 aliphatic heterocycles. The molecule has 1 heterocycles. The molecule has 56 heavy (non-hydrogen) atoms. The van der Waals surface area contributed by atoms with Gasteiger partial charge in [0.25, 0.3) is 0 Å². The predicted molar refractivity (Wildman–Crippen MR) is 238 cm³/mol. The van der Waals surface area contributed by atoms with Crippen molar-refractivity contribution in [2.24, 2.45) is 0 Å². The fourth-order valence-corrected chi connectivity index (χ4v) is 8.84. The lowest BCUT2D eigenvalue weighted by Gasteiger charge is -2.35. The van der Waals surface area contributed by atoms with Crippen LogP contribution in [0.25, 0.3) is 82.1 Å². The van der Waals surface area contributed by atoms with Gasteiger partial charge in [-0.25, -0.2) is 0 Å². The van der Waals surface area contributed by atoms with E-state index in [-0.39, 0.29) is 6.04 Å². The van der Waals surface area contributed by atoms with Gasteiger partial charge in [-0.05, 0) is 91.3 Å². The second kappa shape index (κ2) is 13.3. The average Bonchev–Trinajstić information content (AvgIpc) is 3.66. The van der Waals surface area contributed by atoms with Gasteiger partial charge in [0.2, 0.25) is 0 Å². The van der Waals surface area contributed by atoms with E-state index in [1.807, 2.05) is 12.1 Å². The van der Waals surface area contributed by atoms with E-state index in [4.69, 9.17) is 4.42 Å². The quantitative estimate of drug-likeness (QED) is 0.159. The Bertz CT molecular complexity index is 3170. The summed E-state index contributed by atoms with van der Waals surface area (Å²) in [5.41, 5.74) is 11.3. The number of nitrogens with zero attached hydrogens (tertiary/aromatic N) is 1. The number of para-hydroxylation sites is 3. The first-order valence-electron chi connectivity index (χ1n) is 19.4. The minimum absolute atomic E-state index is 0.112. The lowest BCUT2D eigenvalue weighted by atomic mass is 9.91. The van der Waals surface area contributed by atoms with E-state index in [9.17, 15) is 0 Å². The molecule has 1 aromatic heterocycles. The van der Waals surface area contributed by atoms with Gasteiger partial charge in [-0.2, -0.15) is 0 Å². The molecule has 9 aromatic carbocycles. The van der Waals surface area contributed by atoms with Gasteiger partial charge in [-0.3, -0.25) is 0 Å². The number of hydrogen-bond acceptors (Lipinski definition) is 2. The van der Waals surface area contributed by atoms with Crippen LogP contribution in [0.15, 0.2) is 211 Å². The maximum absolute atomic E-state index is 6.43. The summed E-state index contributed by atoms with van der Waals surface area (Å²) in [6.45, 7) is 0. The fourth-order valence-electron chi connectivity index (χ4n) is 8.84. The molecule has 11 rings (SSSR count).